The summed E-state index contributed by atoms with van der Waals surface area (Å²) in [6, 6.07) is 12.7. The second-order valence-corrected chi connectivity index (χ2v) is 12.8. The number of hydrogen-bond donors (Lipinski definition) is 3. The first-order valence-corrected chi connectivity index (χ1v) is 16.6. The predicted molar refractivity (Wildman–Crippen MR) is 191 cm³/mol. The summed E-state index contributed by atoms with van der Waals surface area (Å²) in [6.45, 7) is 3.38. The van der Waals surface area contributed by atoms with E-state index in [1.54, 1.807) is 44.2 Å². The minimum absolute atomic E-state index is 0.178. The van der Waals surface area contributed by atoms with Gasteiger partial charge < -0.3 is 29.6 Å². The molecule has 1 atom stereocenters. The van der Waals surface area contributed by atoms with Gasteiger partial charge in [0.15, 0.2) is 18.1 Å². The lowest BCUT2D eigenvalue weighted by Gasteiger charge is -2.28. The molecule has 11 nitrogen and oxygen atoms in total. The summed E-state index contributed by atoms with van der Waals surface area (Å²) in [5.41, 5.74) is 5.16. The third-order valence-corrected chi connectivity index (χ3v) is 8.60. The molecule has 15 heteroatoms. The van der Waals surface area contributed by atoms with Gasteiger partial charge in [-0.05, 0) is 107 Å². The lowest BCUT2D eigenvalue weighted by Crippen LogP contribution is -2.45. The number of nitrogens with zero attached hydrogens (tertiary/aromatic N) is 1. The Balaban J connectivity index is 1.41. The number of allylic oxidation sites excluding steroid dienone is 1. The number of halogens is 4. The minimum Gasteiger partial charge on any atom is -0.493 e. The van der Waals surface area contributed by atoms with Crippen LogP contribution in [0.3, 0.4) is 0 Å². The van der Waals surface area contributed by atoms with E-state index in [1.165, 1.54) is 13.3 Å². The Labute approximate surface area is 302 Å². The van der Waals surface area contributed by atoms with Crippen molar-refractivity contribution >= 4 is 92.5 Å². The Hall–Kier alpha value is -3.28. The van der Waals surface area contributed by atoms with E-state index in [0.29, 0.717) is 38.4 Å². The molecule has 0 aromatic heterocycles. The summed E-state index contributed by atoms with van der Waals surface area (Å²) >= 11 is 16.5. The number of ether oxygens (including phenoxy) is 4. The van der Waals surface area contributed by atoms with E-state index < -0.39 is 23.9 Å². The van der Waals surface area contributed by atoms with Crippen molar-refractivity contribution in [2.75, 3.05) is 20.3 Å². The molecule has 0 unspecified atom stereocenters. The van der Waals surface area contributed by atoms with Gasteiger partial charge in [0.25, 0.3) is 5.91 Å². The fraction of sp³-hybridized carbons (Fsp3) is 0.226. The molecule has 0 saturated heterocycles. The van der Waals surface area contributed by atoms with E-state index in [-0.39, 0.29) is 31.1 Å². The van der Waals surface area contributed by atoms with Crippen LogP contribution in [0, 0.1) is 7.14 Å². The fourth-order valence-corrected chi connectivity index (χ4v) is 6.74. The third kappa shape index (κ3) is 9.17. The van der Waals surface area contributed by atoms with Crippen LogP contribution in [0.4, 0.5) is 4.79 Å². The molecular weight excluding hydrogens is 865 g/mol. The first-order valence-electron chi connectivity index (χ1n) is 13.6. The number of nitrogens with one attached hydrogen (secondary N) is 3. The van der Waals surface area contributed by atoms with Gasteiger partial charge in [0.2, 0.25) is 0 Å². The van der Waals surface area contributed by atoms with Crippen LogP contribution in [0.2, 0.25) is 10.0 Å². The van der Waals surface area contributed by atoms with Crippen molar-refractivity contribution in [1.29, 1.82) is 0 Å². The molecular formula is C31H28Cl2I2N4O7. The average molecular weight is 893 g/mol. The minimum atomic E-state index is -0.782. The molecule has 3 amide bonds. The highest BCUT2D eigenvalue weighted by atomic mass is 127. The van der Waals surface area contributed by atoms with Crippen LogP contribution >= 0.6 is 68.4 Å². The maximum Gasteiger partial charge on any atom is 0.338 e. The number of carbonyl (C=O) groups excluding carboxylic acids is 3. The fourth-order valence-electron chi connectivity index (χ4n) is 4.37. The molecule has 0 radical (unpaired) electrons. The van der Waals surface area contributed by atoms with E-state index in [1.807, 2.05) is 18.2 Å². The summed E-state index contributed by atoms with van der Waals surface area (Å²) in [6.07, 6.45) is 1.49. The third-order valence-electron chi connectivity index (χ3n) is 6.44. The average Bonchev–Trinajstić information content (AvgIpc) is 3.00. The van der Waals surface area contributed by atoms with Crippen molar-refractivity contribution in [3.8, 4) is 17.2 Å². The first-order chi connectivity index (χ1) is 22.0. The van der Waals surface area contributed by atoms with Crippen molar-refractivity contribution in [3.63, 3.8) is 0 Å². The normalized spacial score (nSPS) is 14.4. The zero-order chi connectivity index (χ0) is 33.4. The van der Waals surface area contributed by atoms with Crippen LogP contribution in [0.5, 0.6) is 17.2 Å². The molecule has 0 saturated carbocycles. The molecule has 46 heavy (non-hydrogen) atoms. The van der Waals surface area contributed by atoms with Gasteiger partial charge in [-0.2, -0.15) is 5.10 Å². The van der Waals surface area contributed by atoms with Gasteiger partial charge in [0.05, 0.1) is 45.2 Å². The number of esters is 1. The maximum atomic E-state index is 12.6. The number of benzene rings is 3. The SMILES string of the molecule is CCOC(=O)C1=C(C)NC(=O)N[C@H]1c1ccc(OCC(=O)N/N=C/c2cc(I)cc(I)c2OCc2ccc(Cl)c(Cl)c2)c(OC)c1. The number of amides is 3. The smallest absolute Gasteiger partial charge is 0.338 e. The Kier molecular flexibility index (Phi) is 12.8. The second-order valence-electron chi connectivity index (χ2n) is 9.63. The maximum absolute atomic E-state index is 12.6. The topological polar surface area (TPSA) is 137 Å². The molecule has 1 heterocycles. The van der Waals surface area contributed by atoms with Crippen molar-refractivity contribution in [3.05, 3.63) is 93.7 Å². The molecule has 4 rings (SSSR count). The van der Waals surface area contributed by atoms with Gasteiger partial charge in [0.1, 0.15) is 12.4 Å². The Bertz CT molecular complexity index is 1720. The summed E-state index contributed by atoms with van der Waals surface area (Å²) in [7, 11) is 1.44. The summed E-state index contributed by atoms with van der Waals surface area (Å²) < 4.78 is 24.3. The molecule has 0 fully saturated rings. The van der Waals surface area contributed by atoms with E-state index in [4.69, 9.17) is 42.1 Å². The van der Waals surface area contributed by atoms with Crippen molar-refractivity contribution in [1.82, 2.24) is 16.1 Å². The Morgan fingerprint density at radius 2 is 1.83 bits per heavy atom. The number of urea groups is 1. The van der Waals surface area contributed by atoms with Crippen LogP contribution in [-0.2, 0) is 20.9 Å². The van der Waals surface area contributed by atoms with Gasteiger partial charge in [0, 0.05) is 14.8 Å². The Morgan fingerprint density at radius 3 is 2.54 bits per heavy atom. The van der Waals surface area contributed by atoms with Crippen molar-refractivity contribution in [2.24, 2.45) is 5.10 Å². The van der Waals surface area contributed by atoms with E-state index >= 15 is 0 Å². The van der Waals surface area contributed by atoms with Gasteiger partial charge in [-0.3, -0.25) is 4.79 Å². The molecule has 242 valence electrons. The monoisotopic (exact) mass is 892 g/mol. The molecule has 1 aliphatic heterocycles. The number of carbonyl (C=O) groups is 3. The standard InChI is InChI=1S/C31H28Cl2I2N4O7/c1-4-44-30(41)27-16(2)37-31(42)38-28(27)18-6-8-24(25(11-18)43-3)45-15-26(40)39-36-13-19-10-20(34)12-23(35)29(19)46-14-17-5-7-21(32)22(33)9-17/h5-13,28H,4,14-15H2,1-3H3,(H,39,40)(H2,37,38,42)/b36-13+/t28-/m0/s1. The van der Waals surface area contributed by atoms with E-state index in [2.05, 4.69) is 66.3 Å². The molecule has 3 aromatic rings. The molecule has 1 aliphatic rings. The highest BCUT2D eigenvalue weighted by molar-refractivity contribution is 14.1. The molecule has 0 aliphatic carbocycles. The zero-order valence-electron chi connectivity index (χ0n) is 24.7. The molecule has 3 aromatic carbocycles. The summed E-state index contributed by atoms with van der Waals surface area (Å²) in [5.74, 6) is 0.0786. The van der Waals surface area contributed by atoms with E-state index in [9.17, 15) is 14.4 Å². The van der Waals surface area contributed by atoms with Gasteiger partial charge in [-0.1, -0.05) is 35.3 Å². The predicted octanol–water partition coefficient (Wildman–Crippen LogP) is 6.51. The van der Waals surface area contributed by atoms with Crippen LogP contribution in [0.15, 0.2) is 64.9 Å². The molecule has 3 N–H and O–H groups in total. The van der Waals surface area contributed by atoms with Gasteiger partial charge >= 0.3 is 12.0 Å². The van der Waals surface area contributed by atoms with Gasteiger partial charge in [-0.15, -0.1) is 0 Å². The van der Waals surface area contributed by atoms with Crippen LogP contribution in [-0.4, -0.2) is 44.4 Å². The number of methoxy groups -OCH3 is 1. The van der Waals surface area contributed by atoms with E-state index in [0.717, 1.165) is 12.7 Å². The highest BCUT2D eigenvalue weighted by Gasteiger charge is 2.32. The summed E-state index contributed by atoms with van der Waals surface area (Å²) in [5, 5.41) is 10.3. The first kappa shape index (κ1) is 35.6. The molecule has 0 bridgehead atoms. The summed E-state index contributed by atoms with van der Waals surface area (Å²) in [4.78, 5) is 37.4. The lowest BCUT2D eigenvalue weighted by molar-refractivity contribution is -0.139. The molecule has 0 spiro atoms. The van der Waals surface area contributed by atoms with Crippen LogP contribution in [0.25, 0.3) is 0 Å². The van der Waals surface area contributed by atoms with Gasteiger partial charge in [-0.25, -0.2) is 15.0 Å². The Morgan fingerprint density at radius 1 is 1.04 bits per heavy atom. The number of hydrazone groups is 1. The van der Waals surface area contributed by atoms with Crippen molar-refractivity contribution in [2.45, 2.75) is 26.5 Å². The van der Waals surface area contributed by atoms with Crippen LogP contribution < -0.4 is 30.3 Å². The van der Waals surface area contributed by atoms with Crippen molar-refractivity contribution < 1.29 is 33.3 Å². The van der Waals surface area contributed by atoms with Crippen LogP contribution in [0.1, 0.15) is 36.6 Å². The largest absolute Gasteiger partial charge is 0.493 e. The quantitative estimate of drug-likeness (QED) is 0.0817. The lowest BCUT2D eigenvalue weighted by atomic mass is 9.95. The number of hydrogen-bond acceptors (Lipinski definition) is 8. The zero-order valence-corrected chi connectivity index (χ0v) is 30.5. The highest BCUT2D eigenvalue weighted by Crippen LogP contribution is 2.35. The second kappa shape index (κ2) is 16.5. The number of rotatable bonds is 12.